The summed E-state index contributed by atoms with van der Waals surface area (Å²) >= 11 is 1.31. The van der Waals surface area contributed by atoms with Crippen LogP contribution in [-0.4, -0.2) is 21.3 Å². The first-order valence-electron chi connectivity index (χ1n) is 6.15. The number of rotatable bonds is 6. The van der Waals surface area contributed by atoms with E-state index in [0.717, 1.165) is 0 Å². The minimum absolute atomic E-state index is 0.316. The Morgan fingerprint density at radius 3 is 2.75 bits per heavy atom. The maximum atomic E-state index is 12.8. The molecule has 1 atom stereocenters. The average molecular weight is 295 g/mol. The van der Waals surface area contributed by atoms with Gasteiger partial charge in [-0.2, -0.15) is 0 Å². The predicted molar refractivity (Wildman–Crippen MR) is 74.9 cm³/mol. The number of benzene rings is 1. The number of carbonyl (C=O) groups is 1. The number of carboxylic acids is 1. The maximum absolute atomic E-state index is 12.8. The van der Waals surface area contributed by atoms with Crippen molar-refractivity contribution in [3.05, 3.63) is 42.0 Å². The standard InChI is InChI=1S/C14H14FNO3S/c1-2-12(14(17)18)20-8-11-7-19-13(16-11)9-3-5-10(15)6-4-9/h3-7,12H,2,8H2,1H3,(H,17,18). The van der Waals surface area contributed by atoms with Crippen LogP contribution in [-0.2, 0) is 10.5 Å². The van der Waals surface area contributed by atoms with Crippen LogP contribution in [0.4, 0.5) is 4.39 Å². The molecule has 0 spiro atoms. The van der Waals surface area contributed by atoms with Gasteiger partial charge in [0.15, 0.2) is 0 Å². The first-order valence-corrected chi connectivity index (χ1v) is 7.19. The average Bonchev–Trinajstić information content (AvgIpc) is 2.89. The lowest BCUT2D eigenvalue weighted by molar-refractivity contribution is -0.136. The van der Waals surface area contributed by atoms with Gasteiger partial charge < -0.3 is 9.52 Å². The monoisotopic (exact) mass is 295 g/mol. The fraction of sp³-hybridized carbons (Fsp3) is 0.286. The number of nitrogens with zero attached hydrogens (tertiary/aromatic N) is 1. The second-order valence-electron chi connectivity index (χ2n) is 4.20. The lowest BCUT2D eigenvalue weighted by Gasteiger charge is -2.06. The minimum atomic E-state index is -0.820. The zero-order chi connectivity index (χ0) is 14.5. The molecule has 0 bridgehead atoms. The molecule has 20 heavy (non-hydrogen) atoms. The molecule has 0 aliphatic rings. The second-order valence-corrected chi connectivity index (χ2v) is 5.39. The molecule has 1 aromatic heterocycles. The van der Waals surface area contributed by atoms with Crippen molar-refractivity contribution < 1.29 is 18.7 Å². The van der Waals surface area contributed by atoms with Gasteiger partial charge in [-0.05, 0) is 30.7 Å². The zero-order valence-corrected chi connectivity index (χ0v) is 11.7. The number of aliphatic carboxylic acids is 1. The van der Waals surface area contributed by atoms with Crippen molar-refractivity contribution in [1.82, 2.24) is 4.98 Å². The van der Waals surface area contributed by atoms with Gasteiger partial charge in [0.05, 0.1) is 5.69 Å². The van der Waals surface area contributed by atoms with Crippen molar-refractivity contribution in [3.63, 3.8) is 0 Å². The molecule has 1 heterocycles. The third-order valence-corrected chi connectivity index (χ3v) is 4.12. The highest BCUT2D eigenvalue weighted by atomic mass is 32.2. The third-order valence-electron chi connectivity index (χ3n) is 2.72. The summed E-state index contributed by atoms with van der Waals surface area (Å²) in [5, 5.41) is 8.52. The van der Waals surface area contributed by atoms with E-state index in [2.05, 4.69) is 4.98 Å². The van der Waals surface area contributed by atoms with Gasteiger partial charge in [-0.15, -0.1) is 11.8 Å². The van der Waals surface area contributed by atoms with E-state index in [0.29, 0.717) is 29.3 Å². The Labute approximate surface area is 120 Å². The molecule has 1 N–H and O–H groups in total. The highest BCUT2D eigenvalue weighted by Gasteiger charge is 2.16. The number of oxazole rings is 1. The Hall–Kier alpha value is -1.82. The topological polar surface area (TPSA) is 63.3 Å². The van der Waals surface area contributed by atoms with Gasteiger partial charge in [-0.3, -0.25) is 4.79 Å². The Kier molecular flexibility index (Phi) is 4.79. The van der Waals surface area contributed by atoms with Crippen molar-refractivity contribution in [1.29, 1.82) is 0 Å². The van der Waals surface area contributed by atoms with Crippen LogP contribution in [0.3, 0.4) is 0 Å². The molecule has 4 nitrogen and oxygen atoms in total. The largest absolute Gasteiger partial charge is 0.480 e. The molecule has 0 radical (unpaired) electrons. The molecule has 0 fully saturated rings. The summed E-state index contributed by atoms with van der Waals surface area (Å²) in [6, 6.07) is 5.85. The summed E-state index contributed by atoms with van der Waals surface area (Å²) in [6.07, 6.45) is 2.06. The lowest BCUT2D eigenvalue weighted by Crippen LogP contribution is -2.15. The first-order chi connectivity index (χ1) is 9.60. The number of aromatic nitrogens is 1. The van der Waals surface area contributed by atoms with E-state index in [-0.39, 0.29) is 5.82 Å². The summed E-state index contributed by atoms with van der Waals surface area (Å²) < 4.78 is 18.1. The Bertz CT molecular complexity index is 582. The summed E-state index contributed by atoms with van der Waals surface area (Å²) in [5.74, 6) is -0.262. The van der Waals surface area contributed by atoms with Gasteiger partial charge in [0, 0.05) is 11.3 Å². The van der Waals surface area contributed by atoms with Crippen LogP contribution in [0.2, 0.25) is 0 Å². The van der Waals surface area contributed by atoms with Crippen molar-refractivity contribution in [3.8, 4) is 11.5 Å². The van der Waals surface area contributed by atoms with Crippen LogP contribution >= 0.6 is 11.8 Å². The van der Waals surface area contributed by atoms with Crippen LogP contribution in [0.5, 0.6) is 0 Å². The summed E-state index contributed by atoms with van der Waals surface area (Å²) in [4.78, 5) is 15.2. The van der Waals surface area contributed by atoms with Crippen molar-refractivity contribution in [2.24, 2.45) is 0 Å². The molecule has 2 rings (SSSR count). The van der Waals surface area contributed by atoms with Crippen LogP contribution in [0.25, 0.3) is 11.5 Å². The molecule has 0 amide bonds. The van der Waals surface area contributed by atoms with E-state index >= 15 is 0 Å². The van der Waals surface area contributed by atoms with E-state index in [9.17, 15) is 9.18 Å². The van der Waals surface area contributed by atoms with E-state index in [1.54, 1.807) is 12.1 Å². The second kappa shape index (κ2) is 6.56. The molecule has 1 aromatic carbocycles. The maximum Gasteiger partial charge on any atom is 0.316 e. The van der Waals surface area contributed by atoms with Crippen molar-refractivity contribution in [2.45, 2.75) is 24.3 Å². The highest BCUT2D eigenvalue weighted by molar-refractivity contribution is 7.99. The summed E-state index contributed by atoms with van der Waals surface area (Å²) in [7, 11) is 0. The van der Waals surface area contributed by atoms with E-state index < -0.39 is 11.2 Å². The Balaban J connectivity index is 2.02. The van der Waals surface area contributed by atoms with Crippen molar-refractivity contribution >= 4 is 17.7 Å². The number of thioether (sulfide) groups is 1. The number of hydrogen-bond donors (Lipinski definition) is 1. The van der Waals surface area contributed by atoms with Gasteiger partial charge in [0.1, 0.15) is 17.3 Å². The summed E-state index contributed by atoms with van der Waals surface area (Å²) in [5.41, 5.74) is 1.36. The molecular formula is C14H14FNO3S. The van der Waals surface area contributed by atoms with Crippen molar-refractivity contribution in [2.75, 3.05) is 0 Å². The Morgan fingerprint density at radius 1 is 1.45 bits per heavy atom. The fourth-order valence-corrected chi connectivity index (χ4v) is 2.53. The lowest BCUT2D eigenvalue weighted by atomic mass is 10.2. The highest BCUT2D eigenvalue weighted by Crippen LogP contribution is 2.23. The van der Waals surface area contributed by atoms with E-state index in [1.165, 1.54) is 30.2 Å². The van der Waals surface area contributed by atoms with Gasteiger partial charge in [0.2, 0.25) is 5.89 Å². The molecule has 6 heteroatoms. The van der Waals surface area contributed by atoms with Gasteiger partial charge in [-0.25, -0.2) is 9.37 Å². The van der Waals surface area contributed by atoms with Crippen LogP contribution in [0.15, 0.2) is 34.9 Å². The van der Waals surface area contributed by atoms with Gasteiger partial charge in [0.25, 0.3) is 0 Å². The SMILES string of the molecule is CCC(SCc1coc(-c2ccc(F)cc2)n1)C(=O)O. The molecular weight excluding hydrogens is 281 g/mol. The predicted octanol–water partition coefficient (Wildman–Crippen LogP) is 3.58. The van der Waals surface area contributed by atoms with Gasteiger partial charge in [-0.1, -0.05) is 6.92 Å². The molecule has 0 aliphatic carbocycles. The molecule has 0 saturated carbocycles. The normalized spacial score (nSPS) is 12.3. The fourth-order valence-electron chi connectivity index (χ4n) is 1.65. The van der Waals surface area contributed by atoms with Crippen LogP contribution in [0.1, 0.15) is 19.0 Å². The Morgan fingerprint density at radius 2 is 2.15 bits per heavy atom. The molecule has 2 aromatic rings. The number of hydrogen-bond acceptors (Lipinski definition) is 4. The van der Waals surface area contributed by atoms with Gasteiger partial charge >= 0.3 is 5.97 Å². The molecule has 1 unspecified atom stereocenters. The molecule has 0 aliphatic heterocycles. The quantitative estimate of drug-likeness (QED) is 0.882. The van der Waals surface area contributed by atoms with E-state index in [4.69, 9.17) is 9.52 Å². The minimum Gasteiger partial charge on any atom is -0.480 e. The third kappa shape index (κ3) is 3.60. The van der Waals surface area contributed by atoms with E-state index in [1.807, 2.05) is 6.92 Å². The molecule has 0 saturated heterocycles. The number of carboxylic acid groups (broad SMARTS) is 1. The smallest absolute Gasteiger partial charge is 0.316 e. The summed E-state index contributed by atoms with van der Waals surface area (Å²) in [6.45, 7) is 1.83. The zero-order valence-electron chi connectivity index (χ0n) is 10.9. The number of halogens is 1. The first kappa shape index (κ1) is 14.6. The van der Waals surface area contributed by atoms with Crippen LogP contribution in [0, 0.1) is 5.82 Å². The molecule has 106 valence electrons. The van der Waals surface area contributed by atoms with Crippen LogP contribution < -0.4 is 0 Å².